The van der Waals surface area contributed by atoms with Gasteiger partial charge in [0, 0.05) is 7.05 Å². The van der Waals surface area contributed by atoms with Crippen LogP contribution in [0.3, 0.4) is 0 Å². The lowest BCUT2D eigenvalue weighted by atomic mass is 9.91. The van der Waals surface area contributed by atoms with E-state index in [0.717, 1.165) is 25.7 Å². The third-order valence-corrected chi connectivity index (χ3v) is 5.45. The molecule has 1 aliphatic carbocycles. The first-order chi connectivity index (χ1) is 8.58. The Hall–Kier alpha value is -0.950. The van der Waals surface area contributed by atoms with Gasteiger partial charge in [-0.2, -0.15) is 9.40 Å². The van der Waals surface area contributed by atoms with Crippen LogP contribution in [0.4, 0.5) is 0 Å². The van der Waals surface area contributed by atoms with Crippen LogP contribution in [-0.2, 0) is 16.6 Å². The molecule has 0 radical (unpaired) electrons. The van der Waals surface area contributed by atoms with Crippen molar-refractivity contribution >= 4 is 10.0 Å². The predicted molar refractivity (Wildman–Crippen MR) is 68.2 cm³/mol. The molecule has 1 aliphatic rings. The topological polar surface area (TPSA) is 79.0 Å². The van der Waals surface area contributed by atoms with Crippen LogP contribution in [0, 0.1) is 5.92 Å². The highest BCUT2D eigenvalue weighted by Gasteiger charge is 2.25. The summed E-state index contributed by atoms with van der Waals surface area (Å²) in [5.74, 6) is 1.16. The van der Waals surface area contributed by atoms with E-state index in [2.05, 4.69) is 15.2 Å². The Morgan fingerprint density at radius 1 is 1.39 bits per heavy atom. The molecule has 0 amide bonds. The Balaban J connectivity index is 1.92. The second-order valence-electron chi connectivity index (χ2n) is 4.97. The number of hydrogen-bond acceptors (Lipinski definition) is 4. The summed E-state index contributed by atoms with van der Waals surface area (Å²) in [6, 6.07) is 0. The van der Waals surface area contributed by atoms with Crippen molar-refractivity contribution < 1.29 is 8.42 Å². The van der Waals surface area contributed by atoms with Crippen LogP contribution in [-0.4, -0.2) is 40.7 Å². The summed E-state index contributed by atoms with van der Waals surface area (Å²) in [5.41, 5.74) is 0. The molecular formula is C11H20N4O2S. The fourth-order valence-corrected chi connectivity index (χ4v) is 3.90. The molecule has 0 bridgehead atoms. The van der Waals surface area contributed by atoms with E-state index in [9.17, 15) is 8.42 Å². The number of aromatic amines is 1. The third-order valence-electron chi connectivity index (χ3n) is 3.48. The summed E-state index contributed by atoms with van der Waals surface area (Å²) in [6.07, 6.45) is 7.02. The quantitative estimate of drug-likeness (QED) is 0.872. The molecule has 0 aromatic carbocycles. The second-order valence-corrected chi connectivity index (χ2v) is 7.09. The summed E-state index contributed by atoms with van der Waals surface area (Å²) in [6.45, 7) is 0.259. The van der Waals surface area contributed by atoms with Crippen molar-refractivity contribution in [3.63, 3.8) is 0 Å². The Morgan fingerprint density at radius 2 is 2.11 bits per heavy atom. The van der Waals surface area contributed by atoms with Crippen molar-refractivity contribution in [1.82, 2.24) is 19.5 Å². The normalized spacial score (nSPS) is 18.3. The Kier molecular flexibility index (Phi) is 4.34. The van der Waals surface area contributed by atoms with Gasteiger partial charge in [-0.1, -0.05) is 19.3 Å². The molecule has 0 spiro atoms. The lowest BCUT2D eigenvalue weighted by molar-refractivity contribution is 0.373. The van der Waals surface area contributed by atoms with Gasteiger partial charge in [-0.05, 0) is 18.8 Å². The molecule has 0 unspecified atom stereocenters. The lowest BCUT2D eigenvalue weighted by Gasteiger charge is -2.24. The average molecular weight is 272 g/mol. The van der Waals surface area contributed by atoms with E-state index in [1.54, 1.807) is 7.05 Å². The van der Waals surface area contributed by atoms with Gasteiger partial charge in [0.1, 0.15) is 12.2 Å². The first-order valence-electron chi connectivity index (χ1n) is 6.36. The van der Waals surface area contributed by atoms with Crippen LogP contribution in [0.25, 0.3) is 0 Å². The lowest BCUT2D eigenvalue weighted by Crippen LogP contribution is -2.32. The Labute approximate surface area is 108 Å². The maximum atomic E-state index is 12.2. The number of hydrogen-bond donors (Lipinski definition) is 1. The fourth-order valence-electron chi connectivity index (χ4n) is 2.40. The predicted octanol–water partition coefficient (Wildman–Crippen LogP) is 1.15. The van der Waals surface area contributed by atoms with Gasteiger partial charge >= 0.3 is 0 Å². The largest absolute Gasteiger partial charge is 0.262 e. The van der Waals surface area contributed by atoms with Crippen molar-refractivity contribution in [1.29, 1.82) is 0 Å². The molecule has 1 heterocycles. The number of nitrogens with zero attached hydrogens (tertiary/aromatic N) is 3. The van der Waals surface area contributed by atoms with E-state index in [4.69, 9.17) is 0 Å². The molecule has 7 heteroatoms. The number of rotatable bonds is 5. The Morgan fingerprint density at radius 3 is 2.72 bits per heavy atom. The molecule has 0 aliphatic heterocycles. The molecule has 6 nitrogen and oxygen atoms in total. The van der Waals surface area contributed by atoms with Crippen LogP contribution < -0.4 is 0 Å². The van der Waals surface area contributed by atoms with Crippen LogP contribution >= 0.6 is 0 Å². The zero-order valence-corrected chi connectivity index (χ0v) is 11.5. The molecule has 1 N–H and O–H groups in total. The zero-order chi connectivity index (χ0) is 13.0. The Bertz CT molecular complexity index is 451. The van der Waals surface area contributed by atoms with Crippen LogP contribution in [0.1, 0.15) is 37.9 Å². The summed E-state index contributed by atoms with van der Waals surface area (Å²) >= 11 is 0. The van der Waals surface area contributed by atoms with Crippen LogP contribution in [0.5, 0.6) is 0 Å². The van der Waals surface area contributed by atoms with Crippen LogP contribution in [0.2, 0.25) is 0 Å². The molecular weight excluding hydrogens is 252 g/mol. The average Bonchev–Trinajstić information content (AvgIpc) is 2.82. The minimum atomic E-state index is -3.19. The van der Waals surface area contributed by atoms with Gasteiger partial charge in [0.05, 0.1) is 12.3 Å². The van der Waals surface area contributed by atoms with E-state index < -0.39 is 10.0 Å². The van der Waals surface area contributed by atoms with Gasteiger partial charge < -0.3 is 0 Å². The molecule has 0 saturated heterocycles. The summed E-state index contributed by atoms with van der Waals surface area (Å²) in [7, 11) is -1.59. The van der Waals surface area contributed by atoms with Gasteiger partial charge in [0.25, 0.3) is 0 Å². The van der Waals surface area contributed by atoms with Crippen molar-refractivity contribution in [3.05, 3.63) is 12.2 Å². The maximum Gasteiger partial charge on any atom is 0.214 e. The first-order valence-corrected chi connectivity index (χ1v) is 7.97. The van der Waals surface area contributed by atoms with Gasteiger partial charge in [-0.15, -0.1) is 0 Å². The van der Waals surface area contributed by atoms with Crippen molar-refractivity contribution in [3.8, 4) is 0 Å². The van der Waals surface area contributed by atoms with Crippen LogP contribution in [0.15, 0.2) is 6.33 Å². The number of nitrogens with one attached hydrogen (secondary N) is 1. The van der Waals surface area contributed by atoms with Gasteiger partial charge in [-0.25, -0.2) is 13.4 Å². The van der Waals surface area contributed by atoms with Crippen molar-refractivity contribution in [2.75, 3.05) is 12.8 Å². The van der Waals surface area contributed by atoms with E-state index >= 15 is 0 Å². The molecule has 1 aromatic heterocycles. The molecule has 0 atom stereocenters. The highest BCUT2D eigenvalue weighted by molar-refractivity contribution is 7.89. The molecule has 1 fully saturated rings. The minimum Gasteiger partial charge on any atom is -0.262 e. The van der Waals surface area contributed by atoms with E-state index in [1.165, 1.54) is 17.1 Å². The van der Waals surface area contributed by atoms with E-state index in [1.807, 2.05) is 0 Å². The molecule has 1 saturated carbocycles. The van der Waals surface area contributed by atoms with E-state index in [0.29, 0.717) is 11.7 Å². The van der Waals surface area contributed by atoms with Gasteiger partial charge in [0.2, 0.25) is 10.0 Å². The molecule has 18 heavy (non-hydrogen) atoms. The standard InChI is InChI=1S/C11H20N4O2S/c1-15(7-11-12-9-13-14-11)18(16,17)8-10-5-3-2-4-6-10/h9-10H,2-8H2,1H3,(H,12,13,14). The summed E-state index contributed by atoms with van der Waals surface area (Å²) in [4.78, 5) is 3.94. The van der Waals surface area contributed by atoms with Gasteiger partial charge in [-0.3, -0.25) is 5.10 Å². The monoisotopic (exact) mass is 272 g/mol. The molecule has 1 aromatic rings. The summed E-state index contributed by atoms with van der Waals surface area (Å²) in [5, 5.41) is 6.39. The summed E-state index contributed by atoms with van der Waals surface area (Å²) < 4.78 is 25.7. The number of H-pyrrole nitrogens is 1. The fraction of sp³-hybridized carbons (Fsp3) is 0.818. The zero-order valence-electron chi connectivity index (χ0n) is 10.7. The van der Waals surface area contributed by atoms with E-state index in [-0.39, 0.29) is 12.3 Å². The number of sulfonamides is 1. The second kappa shape index (κ2) is 5.79. The van der Waals surface area contributed by atoms with Gasteiger partial charge in [0.15, 0.2) is 0 Å². The smallest absolute Gasteiger partial charge is 0.214 e. The highest BCUT2D eigenvalue weighted by atomic mass is 32.2. The SMILES string of the molecule is CN(Cc1ncn[nH]1)S(=O)(=O)CC1CCCCC1. The first kappa shape index (κ1) is 13.5. The third kappa shape index (κ3) is 3.52. The van der Waals surface area contributed by atoms with Crippen molar-refractivity contribution in [2.24, 2.45) is 5.92 Å². The highest BCUT2D eigenvalue weighted by Crippen LogP contribution is 2.25. The number of aromatic nitrogens is 3. The molecule has 102 valence electrons. The van der Waals surface area contributed by atoms with Crippen molar-refractivity contribution in [2.45, 2.75) is 38.6 Å². The maximum absolute atomic E-state index is 12.2. The minimum absolute atomic E-state index is 0.259. The molecule has 2 rings (SSSR count).